The quantitative estimate of drug-likeness (QED) is 0.677. The fourth-order valence-electron chi connectivity index (χ4n) is 2.62. The number of benzene rings is 2. The first-order valence-electron chi connectivity index (χ1n) is 8.40. The molecule has 2 N–H and O–H groups in total. The second-order valence-corrected chi connectivity index (χ2v) is 7.07. The maximum Gasteiger partial charge on any atom is 0.251 e. The van der Waals surface area contributed by atoms with Crippen molar-refractivity contribution >= 4 is 28.3 Å². The molecule has 0 fully saturated rings. The van der Waals surface area contributed by atoms with Crippen LogP contribution in [0.25, 0.3) is 11.3 Å². The zero-order chi connectivity index (χ0) is 20.3. The summed E-state index contributed by atoms with van der Waals surface area (Å²) < 4.78 is 26.1. The molecule has 3 aromatic rings. The molecule has 0 atom stereocenters. The van der Waals surface area contributed by atoms with Gasteiger partial charge in [-0.15, -0.1) is 11.3 Å². The number of aryl methyl sites for hydroxylation is 2. The number of nitrogens with one attached hydrogen (secondary N) is 2. The summed E-state index contributed by atoms with van der Waals surface area (Å²) in [4.78, 5) is 28.4. The molecule has 144 valence electrons. The fraction of sp³-hybridized carbons (Fsp3) is 0.150. The van der Waals surface area contributed by atoms with Crippen LogP contribution >= 0.6 is 11.3 Å². The van der Waals surface area contributed by atoms with Crippen LogP contribution in [0.3, 0.4) is 0 Å². The minimum Gasteiger partial charge on any atom is -0.343 e. The predicted molar refractivity (Wildman–Crippen MR) is 104 cm³/mol. The van der Waals surface area contributed by atoms with Crippen LogP contribution in [0.1, 0.15) is 21.5 Å². The maximum atomic E-state index is 13.2. The van der Waals surface area contributed by atoms with Gasteiger partial charge in [-0.25, -0.2) is 13.8 Å². The third-order valence-electron chi connectivity index (χ3n) is 4.00. The van der Waals surface area contributed by atoms with Gasteiger partial charge in [0.25, 0.3) is 5.91 Å². The van der Waals surface area contributed by atoms with Crippen LogP contribution in [0.2, 0.25) is 0 Å². The SMILES string of the molecule is Cc1ccc(-c2csc(NC(=O)CNC(=O)c3ccc(F)c(F)c3)n2)c(C)c1. The minimum atomic E-state index is -1.13. The first-order chi connectivity index (χ1) is 13.3. The molecule has 0 aliphatic rings. The van der Waals surface area contributed by atoms with Crippen molar-refractivity contribution < 1.29 is 18.4 Å². The van der Waals surface area contributed by atoms with E-state index in [0.717, 1.165) is 40.6 Å². The molecule has 0 spiro atoms. The highest BCUT2D eigenvalue weighted by Crippen LogP contribution is 2.27. The van der Waals surface area contributed by atoms with Crippen LogP contribution < -0.4 is 10.6 Å². The van der Waals surface area contributed by atoms with Gasteiger partial charge in [-0.3, -0.25) is 9.59 Å². The van der Waals surface area contributed by atoms with Crippen molar-refractivity contribution in [3.8, 4) is 11.3 Å². The number of amides is 2. The minimum absolute atomic E-state index is 0.0712. The summed E-state index contributed by atoms with van der Waals surface area (Å²) in [5.74, 6) is -3.32. The molecule has 0 saturated carbocycles. The molecule has 8 heteroatoms. The first-order valence-corrected chi connectivity index (χ1v) is 9.27. The smallest absolute Gasteiger partial charge is 0.251 e. The maximum absolute atomic E-state index is 13.2. The molecule has 2 aromatic carbocycles. The Hall–Kier alpha value is -3.13. The molecule has 0 unspecified atom stereocenters. The second kappa shape index (κ2) is 8.26. The van der Waals surface area contributed by atoms with Crippen LogP contribution in [-0.4, -0.2) is 23.3 Å². The molecular formula is C20H17F2N3O2S. The van der Waals surface area contributed by atoms with Gasteiger partial charge in [0.1, 0.15) is 0 Å². The van der Waals surface area contributed by atoms with E-state index >= 15 is 0 Å². The largest absolute Gasteiger partial charge is 0.343 e. The van der Waals surface area contributed by atoms with Crippen LogP contribution in [0, 0.1) is 25.5 Å². The zero-order valence-corrected chi connectivity index (χ0v) is 16.0. The summed E-state index contributed by atoms with van der Waals surface area (Å²) in [7, 11) is 0. The Bertz CT molecular complexity index is 1050. The van der Waals surface area contributed by atoms with Crippen molar-refractivity contribution in [2.45, 2.75) is 13.8 Å². The molecule has 28 heavy (non-hydrogen) atoms. The third-order valence-corrected chi connectivity index (χ3v) is 4.76. The predicted octanol–water partition coefficient (Wildman–Crippen LogP) is 4.07. The van der Waals surface area contributed by atoms with Gasteiger partial charge in [0.05, 0.1) is 12.2 Å². The number of carbonyl (C=O) groups excluding carboxylic acids is 2. The summed E-state index contributed by atoms with van der Waals surface area (Å²) >= 11 is 1.27. The lowest BCUT2D eigenvalue weighted by atomic mass is 10.0. The third kappa shape index (κ3) is 4.58. The monoisotopic (exact) mass is 401 g/mol. The Kier molecular flexibility index (Phi) is 5.79. The average Bonchev–Trinajstić information content (AvgIpc) is 3.10. The highest BCUT2D eigenvalue weighted by atomic mass is 32.1. The Morgan fingerprint density at radius 2 is 1.86 bits per heavy atom. The Morgan fingerprint density at radius 3 is 2.57 bits per heavy atom. The first kappa shape index (κ1) is 19.6. The number of aromatic nitrogens is 1. The topological polar surface area (TPSA) is 71.1 Å². The number of hydrogen-bond acceptors (Lipinski definition) is 4. The summed E-state index contributed by atoms with van der Waals surface area (Å²) in [5.41, 5.74) is 3.90. The fourth-order valence-corrected chi connectivity index (χ4v) is 3.35. The van der Waals surface area contributed by atoms with E-state index in [1.165, 1.54) is 11.3 Å². The summed E-state index contributed by atoms with van der Waals surface area (Å²) in [6, 6.07) is 8.80. The van der Waals surface area contributed by atoms with E-state index in [-0.39, 0.29) is 12.1 Å². The second-order valence-electron chi connectivity index (χ2n) is 6.22. The molecule has 0 bridgehead atoms. The highest BCUT2D eigenvalue weighted by Gasteiger charge is 2.13. The lowest BCUT2D eigenvalue weighted by Crippen LogP contribution is -2.32. The molecule has 1 heterocycles. The van der Waals surface area contributed by atoms with Crippen molar-refractivity contribution in [2.24, 2.45) is 0 Å². The van der Waals surface area contributed by atoms with Gasteiger partial charge >= 0.3 is 0 Å². The molecule has 2 amide bonds. The molecule has 5 nitrogen and oxygen atoms in total. The van der Waals surface area contributed by atoms with Gasteiger partial charge in [0.2, 0.25) is 5.91 Å². The lowest BCUT2D eigenvalue weighted by Gasteiger charge is -2.06. The molecule has 0 aliphatic heterocycles. The van der Waals surface area contributed by atoms with E-state index in [2.05, 4.69) is 21.7 Å². The van der Waals surface area contributed by atoms with Gasteiger partial charge in [-0.05, 0) is 37.6 Å². The number of thiazole rings is 1. The molecule has 1 aromatic heterocycles. The van der Waals surface area contributed by atoms with E-state index < -0.39 is 23.4 Å². The summed E-state index contributed by atoms with van der Waals surface area (Å²) in [5, 5.41) is 7.21. The van der Waals surface area contributed by atoms with Gasteiger partial charge in [0, 0.05) is 16.5 Å². The standard InChI is InChI=1S/C20H17F2N3O2S/c1-11-3-5-14(12(2)7-11)17-10-28-20(24-17)25-18(26)9-23-19(27)13-4-6-15(21)16(22)8-13/h3-8,10H,9H2,1-2H3,(H,23,27)(H,24,25,26). The number of carbonyl (C=O) groups is 2. The Labute approximate surface area is 164 Å². The molecule has 0 saturated heterocycles. The van der Waals surface area contributed by atoms with Gasteiger partial charge in [-0.2, -0.15) is 0 Å². The molecular weight excluding hydrogens is 384 g/mol. The van der Waals surface area contributed by atoms with Crippen molar-refractivity contribution in [3.63, 3.8) is 0 Å². The van der Waals surface area contributed by atoms with Crippen molar-refractivity contribution in [1.29, 1.82) is 0 Å². The van der Waals surface area contributed by atoms with E-state index in [1.807, 2.05) is 31.4 Å². The van der Waals surface area contributed by atoms with E-state index in [9.17, 15) is 18.4 Å². The van der Waals surface area contributed by atoms with Crippen LogP contribution in [0.15, 0.2) is 41.8 Å². The molecule has 0 aliphatic carbocycles. The Morgan fingerprint density at radius 1 is 1.07 bits per heavy atom. The number of rotatable bonds is 5. The van der Waals surface area contributed by atoms with Gasteiger partial charge in [-0.1, -0.05) is 23.8 Å². The van der Waals surface area contributed by atoms with Crippen molar-refractivity contribution in [1.82, 2.24) is 10.3 Å². The lowest BCUT2D eigenvalue weighted by molar-refractivity contribution is -0.115. The summed E-state index contributed by atoms with van der Waals surface area (Å²) in [6.45, 7) is 3.68. The van der Waals surface area contributed by atoms with Crippen molar-refractivity contribution in [3.05, 3.63) is 70.1 Å². The van der Waals surface area contributed by atoms with Crippen LogP contribution in [0.5, 0.6) is 0 Å². The van der Waals surface area contributed by atoms with E-state index in [1.54, 1.807) is 0 Å². The molecule has 0 radical (unpaired) electrons. The van der Waals surface area contributed by atoms with Crippen LogP contribution in [0.4, 0.5) is 13.9 Å². The number of nitrogens with zero attached hydrogens (tertiary/aromatic N) is 1. The number of hydrogen-bond donors (Lipinski definition) is 2. The highest BCUT2D eigenvalue weighted by molar-refractivity contribution is 7.14. The van der Waals surface area contributed by atoms with Crippen LogP contribution in [-0.2, 0) is 4.79 Å². The zero-order valence-electron chi connectivity index (χ0n) is 15.2. The van der Waals surface area contributed by atoms with Gasteiger partial charge < -0.3 is 10.6 Å². The van der Waals surface area contributed by atoms with E-state index in [4.69, 9.17) is 0 Å². The molecule has 3 rings (SSSR count). The van der Waals surface area contributed by atoms with Gasteiger partial charge in [0.15, 0.2) is 16.8 Å². The van der Waals surface area contributed by atoms with E-state index in [0.29, 0.717) is 5.13 Å². The summed E-state index contributed by atoms with van der Waals surface area (Å²) in [6.07, 6.45) is 0. The number of anilines is 1. The normalized spacial score (nSPS) is 10.6. The number of halogens is 2. The average molecular weight is 401 g/mol. The Balaban J connectivity index is 1.58. The van der Waals surface area contributed by atoms with Crippen molar-refractivity contribution in [2.75, 3.05) is 11.9 Å².